The quantitative estimate of drug-likeness (QED) is 0.159. The second-order valence-corrected chi connectivity index (χ2v) is 27.0. The molecule has 1 saturated heterocycles. The zero-order valence-electron chi connectivity index (χ0n) is 53.8. The highest BCUT2D eigenvalue weighted by Gasteiger charge is 2.20. The highest BCUT2D eigenvalue weighted by Crippen LogP contribution is 2.25. The first kappa shape index (κ1) is 72.2. The van der Waals surface area contributed by atoms with Gasteiger partial charge in [0.2, 0.25) is 5.95 Å². The Morgan fingerprint density at radius 1 is 0.346 bits per heavy atom. The van der Waals surface area contributed by atoms with E-state index in [2.05, 4.69) is 221 Å². The first-order chi connectivity index (χ1) is 36.8. The largest absolute Gasteiger partial charge is 0.467 e. The predicted octanol–water partition coefficient (Wildman–Crippen LogP) is 15.2. The molecule has 444 valence electrons. The number of hydrogen-bond donors (Lipinski definition) is 0. The minimum absolute atomic E-state index is 0. The average Bonchev–Trinajstić information content (AvgIpc) is 3.96. The average molecular weight is 1110 g/mol. The number of ether oxygens (including phenoxy) is 1. The van der Waals surface area contributed by atoms with Crippen LogP contribution in [0.15, 0.2) is 105 Å². The molecule has 8 heterocycles. The molecule has 7 aromatic heterocycles. The number of hydrogen-bond acceptors (Lipinski definition) is 15. The number of aromatic nitrogens is 13. The van der Waals surface area contributed by atoms with Crippen LogP contribution >= 0.6 is 0 Å². The lowest BCUT2D eigenvalue weighted by Gasteiger charge is -2.20. The number of nitrogens with zero attached hydrogens (tertiary/aromatic N) is 14. The Hall–Kier alpha value is -6.77. The molecule has 1 aliphatic heterocycles. The molecule has 0 amide bonds. The molecule has 15 nitrogen and oxygen atoms in total. The van der Waals surface area contributed by atoms with Crippen LogP contribution in [0.25, 0.3) is 0 Å². The Morgan fingerprint density at radius 2 is 0.642 bits per heavy atom. The van der Waals surface area contributed by atoms with Gasteiger partial charge in [0.25, 0.3) is 0 Å². The van der Waals surface area contributed by atoms with E-state index in [0.29, 0.717) is 6.01 Å². The molecule has 1 fully saturated rings. The predicted molar refractivity (Wildman–Crippen MR) is 336 cm³/mol. The van der Waals surface area contributed by atoms with Gasteiger partial charge in [0.1, 0.15) is 23.3 Å². The maximum atomic E-state index is 4.86. The number of pyridine rings is 1. The molecule has 0 aromatic carbocycles. The molecule has 81 heavy (non-hydrogen) atoms. The van der Waals surface area contributed by atoms with Crippen LogP contribution in [0.2, 0.25) is 0 Å². The third-order valence-corrected chi connectivity index (χ3v) is 12.3. The number of aryl methyl sites for hydroxylation is 3. The molecule has 0 aliphatic carbocycles. The van der Waals surface area contributed by atoms with Gasteiger partial charge in [0, 0.05) is 105 Å². The van der Waals surface area contributed by atoms with Gasteiger partial charge < -0.3 is 9.64 Å². The van der Waals surface area contributed by atoms with Crippen LogP contribution < -0.4 is 9.64 Å². The standard InChI is InChI=1S/C12H19N3.C9H14N2O.3C9H14N2.C9H13N.C8H12N2.CH4/c1-12(2,3)10-8-13-11(14-9-10)15-6-4-5-7-15;1-9(2,3)7-5-10-8(12-4)11-6-7;3*1-7-10-5-8(6-11-7)9(2,3)4;1-9(2,3)8-5-4-6-10-7-8;1-8(2,3)7-9-5-4-6-10-7;/h8-9H,4-7H2,1-3H3;5-6H,1-4H3;3*5-6H,1-4H3;4-7H,1-3H3;4-6H,1-3H3;1H4. The number of methoxy groups -OCH3 is 1. The summed E-state index contributed by atoms with van der Waals surface area (Å²) in [6.45, 7) is 53.0. The zero-order chi connectivity index (χ0) is 60.8. The third kappa shape index (κ3) is 28.5. The molecule has 7 aromatic rings. The SMILES string of the molecule is C.CC(C)(C)c1cccnc1.CC(C)(C)c1cnc(N2CCCC2)nc1.CC(C)(C)c1ncccn1.COc1ncc(C(C)(C)C)cn1.Cc1ncc(C(C)(C)C)cn1.Cc1ncc(C(C)(C)C)cn1.Cc1ncc(C(C)(C)C)cn1. The van der Waals surface area contributed by atoms with Crippen molar-refractivity contribution in [3.8, 4) is 6.01 Å². The van der Waals surface area contributed by atoms with E-state index in [0.717, 1.165) is 47.9 Å². The fourth-order valence-corrected chi connectivity index (χ4v) is 6.43. The Bertz CT molecular complexity index is 2570. The summed E-state index contributed by atoms with van der Waals surface area (Å²) in [6, 6.07) is 6.33. The molecule has 0 bridgehead atoms. The van der Waals surface area contributed by atoms with Gasteiger partial charge in [-0.15, -0.1) is 0 Å². The van der Waals surface area contributed by atoms with Crippen LogP contribution in [0.4, 0.5) is 5.95 Å². The van der Waals surface area contributed by atoms with Crippen molar-refractivity contribution in [1.82, 2.24) is 64.8 Å². The highest BCUT2D eigenvalue weighted by atomic mass is 16.5. The van der Waals surface area contributed by atoms with Crippen molar-refractivity contribution in [2.75, 3.05) is 25.1 Å². The van der Waals surface area contributed by atoms with E-state index in [1.54, 1.807) is 38.1 Å². The van der Waals surface area contributed by atoms with Gasteiger partial charge >= 0.3 is 6.01 Å². The van der Waals surface area contributed by atoms with Crippen molar-refractivity contribution in [1.29, 1.82) is 0 Å². The molecular formula is C66H104N14O. The van der Waals surface area contributed by atoms with Gasteiger partial charge in [-0.1, -0.05) is 159 Å². The van der Waals surface area contributed by atoms with Crippen LogP contribution in [0.3, 0.4) is 0 Å². The summed E-state index contributed by atoms with van der Waals surface area (Å²) in [6.07, 6.45) is 28.7. The monoisotopic (exact) mass is 1110 g/mol. The fourth-order valence-electron chi connectivity index (χ4n) is 6.43. The van der Waals surface area contributed by atoms with E-state index in [-0.39, 0.29) is 45.3 Å². The summed E-state index contributed by atoms with van der Waals surface area (Å²) in [4.78, 5) is 56.3. The van der Waals surface area contributed by atoms with E-state index in [4.69, 9.17) is 4.74 Å². The maximum Gasteiger partial charge on any atom is 0.316 e. The minimum Gasteiger partial charge on any atom is -0.467 e. The lowest BCUT2D eigenvalue weighted by Crippen LogP contribution is -2.21. The Morgan fingerprint density at radius 3 is 0.877 bits per heavy atom. The Balaban J connectivity index is 0.000000474. The van der Waals surface area contributed by atoms with Gasteiger partial charge in [0.05, 0.1) is 7.11 Å². The smallest absolute Gasteiger partial charge is 0.316 e. The molecule has 0 N–H and O–H groups in total. The van der Waals surface area contributed by atoms with E-state index < -0.39 is 0 Å². The van der Waals surface area contributed by atoms with Crippen LogP contribution in [0, 0.1) is 20.8 Å². The fraction of sp³-hybridized carbons (Fsp3) is 0.561. The normalized spacial score (nSPS) is 12.4. The summed E-state index contributed by atoms with van der Waals surface area (Å²) in [7, 11) is 1.56. The van der Waals surface area contributed by atoms with Gasteiger partial charge in [-0.05, 0) is 112 Å². The minimum atomic E-state index is 0. The second-order valence-electron chi connectivity index (χ2n) is 27.0. The number of anilines is 1. The molecule has 0 unspecified atom stereocenters. The van der Waals surface area contributed by atoms with Crippen LogP contribution in [0.5, 0.6) is 6.01 Å². The topological polar surface area (TPSA) is 180 Å². The van der Waals surface area contributed by atoms with Crippen molar-refractivity contribution >= 4 is 5.95 Å². The van der Waals surface area contributed by atoms with Gasteiger partial charge in [-0.3, -0.25) is 4.98 Å². The molecule has 1 aliphatic rings. The van der Waals surface area contributed by atoms with Crippen molar-refractivity contribution in [2.24, 2.45) is 0 Å². The van der Waals surface area contributed by atoms with E-state index in [1.807, 2.05) is 88.7 Å². The van der Waals surface area contributed by atoms with Crippen LogP contribution in [-0.4, -0.2) is 85.0 Å². The summed E-state index contributed by atoms with van der Waals surface area (Å²) >= 11 is 0. The van der Waals surface area contributed by atoms with Crippen molar-refractivity contribution in [3.05, 3.63) is 162 Å². The first-order valence-electron chi connectivity index (χ1n) is 27.8. The van der Waals surface area contributed by atoms with E-state index in [1.165, 1.54) is 40.7 Å². The zero-order valence-corrected chi connectivity index (χ0v) is 53.8. The molecule has 0 atom stereocenters. The summed E-state index contributed by atoms with van der Waals surface area (Å²) in [5.74, 6) is 4.28. The van der Waals surface area contributed by atoms with Gasteiger partial charge in [0.15, 0.2) is 0 Å². The maximum absolute atomic E-state index is 4.86. The van der Waals surface area contributed by atoms with Crippen LogP contribution in [-0.2, 0) is 37.9 Å². The van der Waals surface area contributed by atoms with E-state index >= 15 is 0 Å². The van der Waals surface area contributed by atoms with E-state index in [9.17, 15) is 0 Å². The molecule has 8 rings (SSSR count). The molecule has 0 spiro atoms. The lowest BCUT2D eigenvalue weighted by atomic mass is 9.88. The number of rotatable bonds is 2. The van der Waals surface area contributed by atoms with Crippen molar-refractivity contribution in [3.63, 3.8) is 0 Å². The summed E-state index contributed by atoms with van der Waals surface area (Å²) in [5, 5.41) is 0. The summed E-state index contributed by atoms with van der Waals surface area (Å²) in [5.41, 5.74) is 8.18. The Labute approximate surface area is 490 Å². The van der Waals surface area contributed by atoms with Crippen molar-refractivity contribution in [2.45, 2.75) is 224 Å². The molecule has 0 radical (unpaired) electrons. The molecular weight excluding hydrogens is 1000 g/mol. The van der Waals surface area contributed by atoms with Gasteiger partial charge in [-0.2, -0.15) is 0 Å². The highest BCUT2D eigenvalue weighted by molar-refractivity contribution is 5.32. The van der Waals surface area contributed by atoms with Crippen LogP contribution in [0.1, 0.15) is 222 Å². The summed E-state index contributed by atoms with van der Waals surface area (Å²) < 4.78 is 4.86. The van der Waals surface area contributed by atoms with Gasteiger partial charge in [-0.25, -0.2) is 59.8 Å². The van der Waals surface area contributed by atoms with Crippen molar-refractivity contribution < 1.29 is 4.74 Å². The second kappa shape index (κ2) is 32.0. The lowest BCUT2D eigenvalue weighted by molar-refractivity contribution is 0.378. The Kier molecular flexibility index (Phi) is 28.6. The first-order valence-corrected chi connectivity index (χ1v) is 27.8. The molecule has 0 saturated carbocycles. The third-order valence-electron chi connectivity index (χ3n) is 12.3. The molecule has 15 heteroatoms.